The second-order valence-electron chi connectivity index (χ2n) is 6.36. The lowest BCUT2D eigenvalue weighted by Gasteiger charge is -2.18. The lowest BCUT2D eigenvalue weighted by Crippen LogP contribution is -2.31. The second kappa shape index (κ2) is 6.63. The van der Waals surface area contributed by atoms with Gasteiger partial charge >= 0.3 is 0 Å². The maximum Gasteiger partial charge on any atom is 0.251 e. The Balaban J connectivity index is 1.31. The van der Waals surface area contributed by atoms with Crippen LogP contribution in [-0.4, -0.2) is 32.3 Å². The van der Waals surface area contributed by atoms with Crippen LogP contribution in [-0.2, 0) is 0 Å². The molecule has 0 spiro atoms. The van der Waals surface area contributed by atoms with Gasteiger partial charge in [0.2, 0.25) is 6.79 Å². The Hall–Kier alpha value is -2.76. The summed E-state index contributed by atoms with van der Waals surface area (Å²) in [6.45, 7) is 2.58. The van der Waals surface area contributed by atoms with Crippen molar-refractivity contribution < 1.29 is 18.7 Å². The third-order valence-corrected chi connectivity index (χ3v) is 4.66. The molecular formula is C19H19FN2O3. The van der Waals surface area contributed by atoms with E-state index >= 15 is 0 Å². The molecule has 2 aliphatic rings. The van der Waals surface area contributed by atoms with Crippen molar-refractivity contribution in [1.29, 1.82) is 0 Å². The number of hydrogen-bond acceptors (Lipinski definition) is 4. The summed E-state index contributed by atoms with van der Waals surface area (Å²) >= 11 is 0. The van der Waals surface area contributed by atoms with E-state index < -0.39 is 0 Å². The average Bonchev–Trinajstić information content (AvgIpc) is 3.29. The SMILES string of the molecule is O=C(NCC1CCN(c2ccc(F)cc2)C1)c1ccc2c(c1)OCO2. The van der Waals surface area contributed by atoms with Crippen LogP contribution in [0, 0.1) is 11.7 Å². The normalized spacial score (nSPS) is 18.4. The lowest BCUT2D eigenvalue weighted by molar-refractivity contribution is 0.0948. The molecule has 2 aliphatic heterocycles. The van der Waals surface area contributed by atoms with Crippen molar-refractivity contribution in [1.82, 2.24) is 5.32 Å². The minimum absolute atomic E-state index is 0.112. The van der Waals surface area contributed by atoms with Gasteiger partial charge in [-0.05, 0) is 54.8 Å². The quantitative estimate of drug-likeness (QED) is 0.928. The van der Waals surface area contributed by atoms with Gasteiger partial charge in [-0.3, -0.25) is 4.79 Å². The van der Waals surface area contributed by atoms with E-state index in [1.807, 2.05) is 0 Å². The number of amides is 1. The van der Waals surface area contributed by atoms with E-state index in [1.54, 1.807) is 30.3 Å². The van der Waals surface area contributed by atoms with Crippen LogP contribution in [0.25, 0.3) is 0 Å². The zero-order valence-electron chi connectivity index (χ0n) is 13.7. The number of halogens is 1. The highest BCUT2D eigenvalue weighted by Crippen LogP contribution is 2.32. The van der Waals surface area contributed by atoms with Crippen LogP contribution in [0.3, 0.4) is 0 Å². The Morgan fingerprint density at radius 1 is 1.16 bits per heavy atom. The molecule has 2 aromatic rings. The molecule has 5 nitrogen and oxygen atoms in total. The highest BCUT2D eigenvalue weighted by atomic mass is 19.1. The number of hydrogen-bond donors (Lipinski definition) is 1. The Labute approximate surface area is 145 Å². The molecule has 0 aromatic heterocycles. The summed E-state index contributed by atoms with van der Waals surface area (Å²) in [4.78, 5) is 14.5. The van der Waals surface area contributed by atoms with Gasteiger partial charge in [0.1, 0.15) is 5.82 Å². The number of rotatable bonds is 4. The molecule has 1 fully saturated rings. The molecule has 6 heteroatoms. The van der Waals surface area contributed by atoms with Crippen molar-refractivity contribution in [3.05, 3.63) is 53.8 Å². The fraction of sp³-hybridized carbons (Fsp3) is 0.316. The molecule has 130 valence electrons. The fourth-order valence-corrected chi connectivity index (χ4v) is 3.26. The number of fused-ring (bicyclic) bond motifs is 1. The Bertz CT molecular complexity index is 779. The van der Waals surface area contributed by atoms with Crippen molar-refractivity contribution in [2.45, 2.75) is 6.42 Å². The first kappa shape index (κ1) is 15.7. The Morgan fingerprint density at radius 3 is 2.80 bits per heavy atom. The molecule has 0 radical (unpaired) electrons. The van der Waals surface area contributed by atoms with E-state index in [1.165, 1.54) is 12.1 Å². The molecule has 1 atom stereocenters. The van der Waals surface area contributed by atoms with E-state index in [-0.39, 0.29) is 18.5 Å². The third kappa shape index (κ3) is 3.38. The minimum Gasteiger partial charge on any atom is -0.454 e. The number of anilines is 1. The van der Waals surface area contributed by atoms with E-state index in [4.69, 9.17) is 9.47 Å². The molecule has 0 saturated carbocycles. The monoisotopic (exact) mass is 342 g/mol. The summed E-state index contributed by atoms with van der Waals surface area (Å²) in [6.07, 6.45) is 0.999. The van der Waals surface area contributed by atoms with E-state index in [2.05, 4.69) is 10.2 Å². The predicted molar refractivity (Wildman–Crippen MR) is 91.6 cm³/mol. The van der Waals surface area contributed by atoms with Crippen LogP contribution < -0.4 is 19.7 Å². The van der Waals surface area contributed by atoms with Crippen LogP contribution in [0.1, 0.15) is 16.8 Å². The highest BCUT2D eigenvalue weighted by molar-refractivity contribution is 5.94. The second-order valence-corrected chi connectivity index (χ2v) is 6.36. The van der Waals surface area contributed by atoms with Gasteiger partial charge in [0, 0.05) is 30.9 Å². The standard InChI is InChI=1S/C19H19FN2O3/c20-15-2-4-16(5-3-15)22-8-7-13(11-22)10-21-19(23)14-1-6-17-18(9-14)25-12-24-17/h1-6,9,13H,7-8,10-12H2,(H,21,23). The summed E-state index contributed by atoms with van der Waals surface area (Å²) in [5.74, 6) is 1.32. The number of nitrogens with zero attached hydrogens (tertiary/aromatic N) is 1. The zero-order valence-corrected chi connectivity index (χ0v) is 13.7. The topological polar surface area (TPSA) is 50.8 Å². The number of ether oxygens (including phenoxy) is 2. The number of benzene rings is 2. The van der Waals surface area contributed by atoms with Gasteiger partial charge in [-0.1, -0.05) is 0 Å². The Kier molecular flexibility index (Phi) is 4.17. The van der Waals surface area contributed by atoms with Crippen LogP contribution in [0.5, 0.6) is 11.5 Å². The highest BCUT2D eigenvalue weighted by Gasteiger charge is 2.23. The van der Waals surface area contributed by atoms with Gasteiger partial charge in [-0.15, -0.1) is 0 Å². The number of carbonyl (C=O) groups excluding carboxylic acids is 1. The molecule has 2 aromatic carbocycles. The van der Waals surface area contributed by atoms with Crippen LogP contribution in [0.4, 0.5) is 10.1 Å². The van der Waals surface area contributed by atoms with Gasteiger partial charge in [-0.2, -0.15) is 0 Å². The maximum absolute atomic E-state index is 13.0. The molecule has 1 N–H and O–H groups in total. The van der Waals surface area contributed by atoms with Gasteiger partial charge in [0.15, 0.2) is 11.5 Å². The molecule has 1 saturated heterocycles. The molecule has 0 aliphatic carbocycles. The Morgan fingerprint density at radius 2 is 1.96 bits per heavy atom. The predicted octanol–water partition coefficient (Wildman–Crippen LogP) is 2.81. The van der Waals surface area contributed by atoms with Gasteiger partial charge < -0.3 is 19.7 Å². The van der Waals surface area contributed by atoms with Crippen molar-refractivity contribution in [3.63, 3.8) is 0 Å². The molecule has 1 unspecified atom stereocenters. The first-order valence-corrected chi connectivity index (χ1v) is 8.37. The van der Waals surface area contributed by atoms with Gasteiger partial charge in [0.05, 0.1) is 0 Å². The largest absolute Gasteiger partial charge is 0.454 e. The molecule has 4 rings (SSSR count). The molecule has 2 heterocycles. The van der Waals surface area contributed by atoms with Crippen molar-refractivity contribution >= 4 is 11.6 Å². The van der Waals surface area contributed by atoms with Gasteiger partial charge in [-0.25, -0.2) is 4.39 Å². The summed E-state index contributed by atoms with van der Waals surface area (Å²) < 4.78 is 23.6. The summed E-state index contributed by atoms with van der Waals surface area (Å²) in [5.41, 5.74) is 1.59. The summed E-state index contributed by atoms with van der Waals surface area (Å²) in [5, 5.41) is 2.99. The third-order valence-electron chi connectivity index (χ3n) is 4.66. The van der Waals surface area contributed by atoms with E-state index in [9.17, 15) is 9.18 Å². The lowest BCUT2D eigenvalue weighted by atomic mass is 10.1. The summed E-state index contributed by atoms with van der Waals surface area (Å²) in [7, 11) is 0. The minimum atomic E-state index is -0.226. The number of nitrogens with one attached hydrogen (secondary N) is 1. The van der Waals surface area contributed by atoms with Crippen LogP contribution in [0.2, 0.25) is 0 Å². The zero-order chi connectivity index (χ0) is 17.2. The first-order valence-electron chi connectivity index (χ1n) is 8.37. The van der Waals surface area contributed by atoms with Gasteiger partial charge in [0.25, 0.3) is 5.91 Å². The van der Waals surface area contributed by atoms with E-state index in [0.29, 0.717) is 29.5 Å². The van der Waals surface area contributed by atoms with Crippen molar-refractivity contribution in [2.24, 2.45) is 5.92 Å². The average molecular weight is 342 g/mol. The first-order chi connectivity index (χ1) is 12.2. The molecule has 25 heavy (non-hydrogen) atoms. The van der Waals surface area contributed by atoms with Crippen LogP contribution >= 0.6 is 0 Å². The molecule has 1 amide bonds. The maximum atomic E-state index is 13.0. The van der Waals surface area contributed by atoms with E-state index in [0.717, 1.165) is 25.2 Å². The molecular weight excluding hydrogens is 323 g/mol. The smallest absolute Gasteiger partial charge is 0.251 e. The van der Waals surface area contributed by atoms with Crippen molar-refractivity contribution in [3.8, 4) is 11.5 Å². The number of carbonyl (C=O) groups is 1. The summed E-state index contributed by atoms with van der Waals surface area (Å²) in [6, 6.07) is 11.7. The van der Waals surface area contributed by atoms with Crippen molar-refractivity contribution in [2.75, 3.05) is 31.3 Å². The molecule has 0 bridgehead atoms. The van der Waals surface area contributed by atoms with Crippen LogP contribution in [0.15, 0.2) is 42.5 Å². The fourth-order valence-electron chi connectivity index (χ4n) is 3.26.